The summed E-state index contributed by atoms with van der Waals surface area (Å²) in [4.78, 5) is 10.1. The molecule has 0 rings (SSSR count). The maximum absolute atomic E-state index is 10.1. The Hall–Kier alpha value is -0.0105. The van der Waals surface area contributed by atoms with Crippen LogP contribution in [0.1, 0.15) is 13.8 Å². The van der Waals surface area contributed by atoms with Crippen LogP contribution in [-0.4, -0.2) is 26.9 Å². The van der Waals surface area contributed by atoms with Crippen molar-refractivity contribution in [2.75, 3.05) is 0 Å². The molecule has 0 unspecified atom stereocenters. The SMILES string of the molecule is CC(C)NC(=O)[SeH]. The summed E-state index contributed by atoms with van der Waals surface area (Å²) in [5.74, 6) is 0. The Morgan fingerprint density at radius 1 is 1.71 bits per heavy atom. The number of nitrogens with one attached hydrogen (secondary N) is 1. The molecule has 3 heteroatoms. The molecule has 7 heavy (non-hydrogen) atoms. The van der Waals surface area contributed by atoms with Crippen molar-refractivity contribution in [1.82, 2.24) is 5.32 Å². The van der Waals surface area contributed by atoms with Gasteiger partial charge in [-0.1, -0.05) is 0 Å². The Labute approximate surface area is 51.5 Å². The van der Waals surface area contributed by atoms with E-state index in [1.807, 2.05) is 29.9 Å². The average Bonchev–Trinajstić information content (AvgIpc) is 1.27. The van der Waals surface area contributed by atoms with Gasteiger partial charge in [0.05, 0.1) is 0 Å². The monoisotopic (exact) mass is 167 g/mol. The summed E-state index contributed by atoms with van der Waals surface area (Å²) in [7, 11) is 0. The van der Waals surface area contributed by atoms with Crippen LogP contribution in [-0.2, 0) is 0 Å². The third-order valence-electron chi connectivity index (χ3n) is 0.412. The number of carbonyl (C=O) groups excluding carboxylic acids is 1. The molecular weight excluding hydrogens is 157 g/mol. The van der Waals surface area contributed by atoms with Gasteiger partial charge in [-0.05, 0) is 0 Å². The summed E-state index contributed by atoms with van der Waals surface area (Å²) in [6, 6.07) is 0.260. The maximum atomic E-state index is 10.1. The number of hydrogen-bond donors (Lipinski definition) is 1. The molecule has 0 aromatic carbocycles. The second-order valence-electron chi connectivity index (χ2n) is 1.60. The van der Waals surface area contributed by atoms with E-state index in [0.717, 1.165) is 0 Å². The summed E-state index contributed by atoms with van der Waals surface area (Å²) >= 11 is 1.92. The fraction of sp³-hybridized carbons (Fsp3) is 0.750. The van der Waals surface area contributed by atoms with Crippen LogP contribution in [0, 0.1) is 0 Å². The Kier molecular flexibility index (Phi) is 3.05. The van der Waals surface area contributed by atoms with Gasteiger partial charge in [-0.15, -0.1) is 0 Å². The molecule has 0 atom stereocenters. The Morgan fingerprint density at radius 3 is 2.14 bits per heavy atom. The predicted molar refractivity (Wildman–Crippen MR) is 30.8 cm³/mol. The molecule has 0 heterocycles. The summed E-state index contributed by atoms with van der Waals surface area (Å²) in [6.45, 7) is 3.84. The molecule has 0 fully saturated rings. The second-order valence-corrected chi connectivity index (χ2v) is 2.46. The molecule has 0 spiro atoms. The van der Waals surface area contributed by atoms with Crippen LogP contribution in [0.3, 0.4) is 0 Å². The van der Waals surface area contributed by atoms with Crippen LogP contribution in [0.5, 0.6) is 0 Å². The van der Waals surface area contributed by atoms with E-state index in [4.69, 9.17) is 0 Å². The number of rotatable bonds is 1. The average molecular weight is 166 g/mol. The van der Waals surface area contributed by atoms with Gasteiger partial charge in [0.2, 0.25) is 0 Å². The Bertz CT molecular complexity index is 72.1. The predicted octanol–water partition coefficient (Wildman–Crippen LogP) is 0.00520. The number of hydrogen-bond acceptors (Lipinski definition) is 1. The van der Waals surface area contributed by atoms with Crippen LogP contribution < -0.4 is 5.32 Å². The molecule has 42 valence electrons. The van der Waals surface area contributed by atoms with E-state index in [1.54, 1.807) is 0 Å². The van der Waals surface area contributed by atoms with Gasteiger partial charge in [-0.25, -0.2) is 0 Å². The van der Waals surface area contributed by atoms with E-state index in [2.05, 4.69) is 5.32 Å². The van der Waals surface area contributed by atoms with Crippen molar-refractivity contribution in [3.63, 3.8) is 0 Å². The first-order valence-corrected chi connectivity index (χ1v) is 3.06. The van der Waals surface area contributed by atoms with Gasteiger partial charge in [0.1, 0.15) is 0 Å². The fourth-order valence-corrected chi connectivity index (χ4v) is 0.789. The molecule has 0 aliphatic heterocycles. The zero-order valence-corrected chi connectivity index (χ0v) is 6.31. The number of carbonyl (C=O) groups is 1. The molecule has 2 nitrogen and oxygen atoms in total. The van der Waals surface area contributed by atoms with Gasteiger partial charge in [-0.3, -0.25) is 0 Å². The molecule has 0 saturated carbocycles. The molecule has 1 N–H and O–H groups in total. The third kappa shape index (κ3) is 5.99. The van der Waals surface area contributed by atoms with Crippen molar-refractivity contribution in [3.8, 4) is 0 Å². The molecule has 0 aliphatic carbocycles. The zero-order valence-electron chi connectivity index (χ0n) is 4.43. The molecule has 1 amide bonds. The first kappa shape index (κ1) is 6.99. The van der Waals surface area contributed by atoms with E-state index in [0.29, 0.717) is 0 Å². The van der Waals surface area contributed by atoms with Crippen LogP contribution in [0.25, 0.3) is 0 Å². The summed E-state index contributed by atoms with van der Waals surface area (Å²) in [6.07, 6.45) is 0. The fourth-order valence-electron chi connectivity index (χ4n) is 0.247. The van der Waals surface area contributed by atoms with Crippen molar-refractivity contribution in [2.45, 2.75) is 19.9 Å². The van der Waals surface area contributed by atoms with Crippen LogP contribution in [0.4, 0.5) is 4.79 Å². The van der Waals surface area contributed by atoms with Crippen molar-refractivity contribution in [2.24, 2.45) is 0 Å². The van der Waals surface area contributed by atoms with Crippen LogP contribution >= 0.6 is 0 Å². The zero-order chi connectivity index (χ0) is 5.86. The molecule has 0 aromatic rings. The molecule has 0 radical (unpaired) electrons. The van der Waals surface area contributed by atoms with Gasteiger partial charge in [0.25, 0.3) is 0 Å². The Balaban J connectivity index is 3.13. The minimum atomic E-state index is -0.0255. The first-order valence-electron chi connectivity index (χ1n) is 2.12. The first-order chi connectivity index (χ1) is 3.13. The normalized spacial score (nSPS) is 9.14. The van der Waals surface area contributed by atoms with Gasteiger partial charge in [0, 0.05) is 0 Å². The molecule has 0 aliphatic rings. The van der Waals surface area contributed by atoms with E-state index < -0.39 is 0 Å². The van der Waals surface area contributed by atoms with E-state index in [1.165, 1.54) is 0 Å². The van der Waals surface area contributed by atoms with E-state index in [9.17, 15) is 4.79 Å². The Morgan fingerprint density at radius 2 is 2.14 bits per heavy atom. The van der Waals surface area contributed by atoms with Gasteiger partial charge in [0.15, 0.2) is 0 Å². The van der Waals surface area contributed by atoms with E-state index in [-0.39, 0.29) is 10.8 Å². The van der Waals surface area contributed by atoms with Crippen molar-refractivity contribution >= 4 is 20.8 Å². The standard InChI is InChI=1S/C4H9NOSe/c1-3(2)5-4(6)7/h3H,1-2H3,(H2,5,6,7). The molecular formula is C4H9NOSe. The summed E-state index contributed by atoms with van der Waals surface area (Å²) < 4.78 is 0. The van der Waals surface area contributed by atoms with Crippen LogP contribution in [0.15, 0.2) is 0 Å². The van der Waals surface area contributed by atoms with Gasteiger partial charge < -0.3 is 0 Å². The molecule has 0 aromatic heterocycles. The third-order valence-corrected chi connectivity index (χ3v) is 0.683. The van der Waals surface area contributed by atoms with Crippen molar-refractivity contribution in [3.05, 3.63) is 0 Å². The topological polar surface area (TPSA) is 29.1 Å². The second kappa shape index (κ2) is 3.05. The van der Waals surface area contributed by atoms with E-state index >= 15 is 0 Å². The molecule has 0 saturated heterocycles. The van der Waals surface area contributed by atoms with Gasteiger partial charge in [-0.2, -0.15) is 0 Å². The summed E-state index contributed by atoms with van der Waals surface area (Å²) in [5.41, 5.74) is 0. The van der Waals surface area contributed by atoms with Crippen molar-refractivity contribution < 1.29 is 4.79 Å². The van der Waals surface area contributed by atoms with Crippen molar-refractivity contribution in [1.29, 1.82) is 0 Å². The molecule has 0 bridgehead atoms. The minimum absolute atomic E-state index is 0.0255. The van der Waals surface area contributed by atoms with Crippen LogP contribution in [0.2, 0.25) is 0 Å². The quantitative estimate of drug-likeness (QED) is 0.546. The van der Waals surface area contributed by atoms with Gasteiger partial charge >= 0.3 is 50.8 Å². The number of amides is 1. The summed E-state index contributed by atoms with van der Waals surface area (Å²) in [5, 5.41) is 2.64.